The van der Waals surface area contributed by atoms with Crippen LogP contribution in [0.25, 0.3) is 0 Å². The number of allylic oxidation sites excluding steroid dienone is 7. The van der Waals surface area contributed by atoms with Gasteiger partial charge in [-0.2, -0.15) is 0 Å². The number of carbonyl (C=O) groups excluding carboxylic acids is 2. The molecule has 15 heteroatoms. The third kappa shape index (κ3) is 28.3. The quantitative estimate of drug-likeness (QED) is 0.0156. The number of carboxylic acids is 1. The van der Waals surface area contributed by atoms with E-state index in [0.717, 1.165) is 38.5 Å². The van der Waals surface area contributed by atoms with Crippen molar-refractivity contribution in [1.29, 1.82) is 0 Å². The first-order chi connectivity index (χ1) is 28.3. The summed E-state index contributed by atoms with van der Waals surface area (Å²) in [6.45, 7) is 2.29. The summed E-state index contributed by atoms with van der Waals surface area (Å²) < 4.78 is 32.5. The molecular weight excluding hydrogens is 781 g/mol. The topological polar surface area (TPSA) is 232 Å². The Kier molecular flexibility index (Phi) is 30.9. The molecule has 0 aromatic rings. The Morgan fingerprint density at radius 3 is 2.05 bits per heavy atom. The molecule has 0 amide bonds. The first kappa shape index (κ1) is 54.1. The van der Waals surface area contributed by atoms with Crippen molar-refractivity contribution in [3.05, 3.63) is 60.8 Å². The first-order valence-electron chi connectivity index (χ1n) is 21.6. The van der Waals surface area contributed by atoms with Crippen molar-refractivity contribution in [2.75, 3.05) is 19.8 Å². The summed E-state index contributed by atoms with van der Waals surface area (Å²) in [5.41, 5.74) is 5.32. The molecule has 1 saturated carbocycles. The van der Waals surface area contributed by atoms with E-state index in [4.69, 9.17) is 24.8 Å². The predicted octanol–water partition coefficient (Wildman–Crippen LogP) is 7.55. The van der Waals surface area contributed by atoms with Gasteiger partial charge in [-0.15, -0.1) is 0 Å². The van der Waals surface area contributed by atoms with E-state index in [1.165, 1.54) is 38.5 Å². The molecule has 0 bridgehead atoms. The fraction of sp³-hybridized carbons (Fsp3) is 0.705. The number of rotatable bonds is 35. The van der Waals surface area contributed by atoms with E-state index < -0.39 is 76.0 Å². The van der Waals surface area contributed by atoms with Gasteiger partial charge in [0.25, 0.3) is 0 Å². The van der Waals surface area contributed by atoms with Crippen molar-refractivity contribution in [2.45, 2.75) is 166 Å². The van der Waals surface area contributed by atoms with Crippen molar-refractivity contribution in [3.8, 4) is 0 Å². The van der Waals surface area contributed by atoms with Crippen LogP contribution in [0.15, 0.2) is 60.8 Å². The number of aliphatic hydroxyl groups excluding tert-OH is 3. The van der Waals surface area contributed by atoms with Gasteiger partial charge in [-0.1, -0.05) is 126 Å². The largest absolute Gasteiger partial charge is 0.480 e. The number of phosphoric ester groups is 1. The number of unbranched alkanes of at least 4 members (excludes halogenated alkanes) is 9. The van der Waals surface area contributed by atoms with E-state index >= 15 is 0 Å². The number of carboxylic acid groups (broad SMARTS) is 1. The lowest BCUT2D eigenvalue weighted by atomic mass is 9.89. The van der Waals surface area contributed by atoms with Gasteiger partial charge >= 0.3 is 25.7 Å². The van der Waals surface area contributed by atoms with Gasteiger partial charge in [0.05, 0.1) is 37.9 Å². The van der Waals surface area contributed by atoms with E-state index in [2.05, 4.69) is 42.7 Å². The minimum absolute atomic E-state index is 0.0211. The molecule has 7 N–H and O–H groups in total. The second-order valence-electron chi connectivity index (χ2n) is 15.1. The molecule has 14 nitrogen and oxygen atoms in total. The normalized spacial score (nSPS) is 21.2. The highest BCUT2D eigenvalue weighted by molar-refractivity contribution is 7.47. The zero-order chi connectivity index (χ0) is 43.7. The summed E-state index contributed by atoms with van der Waals surface area (Å²) >= 11 is 0. The van der Waals surface area contributed by atoms with Gasteiger partial charge in [0.2, 0.25) is 0 Å². The number of hydrogen-bond donors (Lipinski definition) is 6. The molecule has 0 aliphatic heterocycles. The molecule has 0 spiro atoms. The SMILES string of the molecule is CCCCCCCC/C=C\C/C=C\C/C=C\CCCC(=O)O[C@H](COC(=O)C/C=C\C[C@H]1[C@@H](/C=C/[C@H](O)CCCCC)[C@H](O)C[C@@H]1O)COP(=O)(O)OC[C@H](N)C(=O)O. The van der Waals surface area contributed by atoms with Crippen molar-refractivity contribution in [1.82, 2.24) is 0 Å². The average Bonchev–Trinajstić information content (AvgIpc) is 3.47. The summed E-state index contributed by atoms with van der Waals surface area (Å²) in [5.74, 6) is -3.47. The number of carbonyl (C=O) groups is 3. The second-order valence-corrected chi connectivity index (χ2v) is 16.6. The van der Waals surface area contributed by atoms with E-state index in [-0.39, 0.29) is 31.1 Å². The van der Waals surface area contributed by atoms with Gasteiger partial charge in [0.15, 0.2) is 6.10 Å². The fourth-order valence-corrected chi connectivity index (χ4v) is 7.12. The van der Waals surface area contributed by atoms with E-state index in [1.807, 2.05) is 12.2 Å². The van der Waals surface area contributed by atoms with Crippen LogP contribution in [-0.4, -0.2) is 93.5 Å². The number of hydrogen-bond acceptors (Lipinski definition) is 12. The summed E-state index contributed by atoms with van der Waals surface area (Å²) in [7, 11) is -4.81. The zero-order valence-electron chi connectivity index (χ0n) is 35.4. The van der Waals surface area contributed by atoms with Crippen LogP contribution in [0.5, 0.6) is 0 Å². The molecule has 59 heavy (non-hydrogen) atoms. The Morgan fingerprint density at radius 2 is 1.37 bits per heavy atom. The van der Waals surface area contributed by atoms with Crippen LogP contribution in [-0.2, 0) is 37.5 Å². The van der Waals surface area contributed by atoms with Crippen molar-refractivity contribution in [3.63, 3.8) is 0 Å². The monoisotopic (exact) mass is 855 g/mol. The summed E-state index contributed by atoms with van der Waals surface area (Å²) in [6.07, 6.45) is 31.5. The second kappa shape index (κ2) is 33.7. The number of aliphatic carboxylic acids is 1. The van der Waals surface area contributed by atoms with E-state index in [0.29, 0.717) is 25.7 Å². The summed E-state index contributed by atoms with van der Waals surface area (Å²) in [6, 6.07) is -1.58. The van der Waals surface area contributed by atoms with Crippen molar-refractivity contribution < 1.29 is 62.8 Å². The highest BCUT2D eigenvalue weighted by atomic mass is 31.2. The molecule has 0 aromatic carbocycles. The Morgan fingerprint density at radius 1 is 0.763 bits per heavy atom. The molecule has 0 radical (unpaired) electrons. The van der Waals surface area contributed by atoms with Gasteiger partial charge in [-0.05, 0) is 57.3 Å². The molecule has 0 heterocycles. The number of nitrogens with two attached hydrogens (primary N) is 1. The lowest BCUT2D eigenvalue weighted by Gasteiger charge is -2.20. The molecule has 1 aliphatic carbocycles. The maximum absolute atomic E-state index is 12.7. The van der Waals surface area contributed by atoms with Gasteiger partial charge in [-0.25, -0.2) is 4.57 Å². The lowest BCUT2D eigenvalue weighted by molar-refractivity contribution is -0.160. The number of phosphoric acid groups is 1. The third-order valence-electron chi connectivity index (χ3n) is 9.84. The van der Waals surface area contributed by atoms with Crippen LogP contribution in [0, 0.1) is 11.8 Å². The van der Waals surface area contributed by atoms with Crippen LogP contribution in [0.2, 0.25) is 0 Å². The summed E-state index contributed by atoms with van der Waals surface area (Å²) in [5, 5.41) is 40.2. The maximum Gasteiger partial charge on any atom is 0.472 e. The van der Waals surface area contributed by atoms with Crippen LogP contribution >= 0.6 is 7.82 Å². The van der Waals surface area contributed by atoms with Crippen LogP contribution in [0.1, 0.15) is 136 Å². The molecule has 0 aromatic heterocycles. The Balaban J connectivity index is 2.60. The molecule has 1 aliphatic rings. The van der Waals surface area contributed by atoms with E-state index in [1.54, 1.807) is 24.3 Å². The number of aliphatic hydroxyl groups is 3. The van der Waals surface area contributed by atoms with Crippen LogP contribution < -0.4 is 5.73 Å². The minimum Gasteiger partial charge on any atom is -0.480 e. The first-order valence-corrected chi connectivity index (χ1v) is 23.1. The van der Waals surface area contributed by atoms with Gasteiger partial charge in [-0.3, -0.25) is 23.4 Å². The molecule has 0 saturated heterocycles. The molecule has 1 fully saturated rings. The van der Waals surface area contributed by atoms with Crippen LogP contribution in [0.3, 0.4) is 0 Å². The fourth-order valence-electron chi connectivity index (χ4n) is 6.35. The standard InChI is InChI=1S/C44H74NO13P/c1-3-5-7-8-9-10-11-12-13-14-15-16-17-18-19-20-22-28-43(50)58-36(33-56-59(53,54)57-34-39(45)44(51)52)32-55-42(49)27-24-23-26-37-38(41(48)31-40(37)47)30-29-35(46)25-21-6-4-2/h12-13,15-16,18-19,23-24,29-30,35-41,46-48H,3-11,14,17,20-22,25-28,31-34,45H2,1-2H3,(H,51,52)(H,53,54)/b13-12-,16-15-,19-18-,24-23-,30-29+/t35-,36-,37+,38-,39+,40+,41-/m1/s1. The smallest absolute Gasteiger partial charge is 0.472 e. The van der Waals surface area contributed by atoms with Crippen molar-refractivity contribution >= 4 is 25.7 Å². The van der Waals surface area contributed by atoms with Crippen LogP contribution in [0.4, 0.5) is 0 Å². The molecule has 1 rings (SSSR count). The highest BCUT2D eigenvalue weighted by Crippen LogP contribution is 2.43. The van der Waals surface area contributed by atoms with E-state index in [9.17, 15) is 39.2 Å². The van der Waals surface area contributed by atoms with Crippen molar-refractivity contribution in [2.24, 2.45) is 17.6 Å². The number of ether oxygens (including phenoxy) is 2. The molecular formula is C44H74NO13P. The minimum atomic E-state index is -4.81. The van der Waals surface area contributed by atoms with Gasteiger partial charge < -0.3 is 40.5 Å². The lowest BCUT2D eigenvalue weighted by Crippen LogP contribution is -2.34. The Hall–Kier alpha value is -2.94. The molecule has 8 atom stereocenters. The number of esters is 2. The Labute approximate surface area is 352 Å². The average molecular weight is 856 g/mol. The zero-order valence-corrected chi connectivity index (χ0v) is 36.3. The third-order valence-corrected chi connectivity index (χ3v) is 10.8. The highest BCUT2D eigenvalue weighted by Gasteiger charge is 2.39. The molecule has 338 valence electrons. The summed E-state index contributed by atoms with van der Waals surface area (Å²) in [4.78, 5) is 46.2. The Bertz CT molecular complexity index is 1350. The predicted molar refractivity (Wildman–Crippen MR) is 228 cm³/mol. The van der Waals surface area contributed by atoms with Gasteiger partial charge in [0.1, 0.15) is 12.6 Å². The van der Waals surface area contributed by atoms with Gasteiger partial charge in [0, 0.05) is 18.8 Å². The maximum atomic E-state index is 12.7. The molecule has 1 unspecified atom stereocenters.